The van der Waals surface area contributed by atoms with Crippen LogP contribution in [0.25, 0.3) is 0 Å². The summed E-state index contributed by atoms with van der Waals surface area (Å²) >= 11 is 0. The highest BCUT2D eigenvalue weighted by Crippen LogP contribution is 2.09. The minimum absolute atomic E-state index is 0.969. The molecule has 0 aromatic carbocycles. The van der Waals surface area contributed by atoms with Crippen molar-refractivity contribution in [2.75, 3.05) is 13.1 Å². The van der Waals surface area contributed by atoms with E-state index in [1.807, 2.05) is 0 Å². The fraction of sp³-hybridized carbons (Fsp3) is 0.375. The smallest absolute Gasteiger partial charge is 0.185 e. The number of dihydropyridines is 1. The Morgan fingerprint density at radius 3 is 3.40 bits per heavy atom. The van der Waals surface area contributed by atoms with Crippen LogP contribution in [0.4, 0.5) is 0 Å². The molecule has 2 aliphatic heterocycles. The zero-order valence-corrected chi connectivity index (χ0v) is 5.85. The molecule has 2 heteroatoms. The van der Waals surface area contributed by atoms with Crippen LogP contribution in [-0.4, -0.2) is 19.3 Å². The molecule has 2 heterocycles. The third-order valence-electron chi connectivity index (χ3n) is 1.86. The lowest BCUT2D eigenvalue weighted by molar-refractivity contribution is -0.452. The molecule has 0 fully saturated rings. The van der Waals surface area contributed by atoms with Gasteiger partial charge in [-0.15, -0.1) is 0 Å². The third-order valence-corrected chi connectivity index (χ3v) is 1.86. The summed E-state index contributed by atoms with van der Waals surface area (Å²) in [4.78, 5) is 3.20. The van der Waals surface area contributed by atoms with Gasteiger partial charge in [-0.3, -0.25) is 0 Å². The van der Waals surface area contributed by atoms with Crippen molar-refractivity contribution in [3.05, 3.63) is 23.4 Å². The van der Waals surface area contributed by atoms with Crippen molar-refractivity contribution in [3.63, 3.8) is 0 Å². The van der Waals surface area contributed by atoms with Crippen molar-refractivity contribution in [3.8, 4) is 0 Å². The van der Waals surface area contributed by atoms with Gasteiger partial charge in [0, 0.05) is 13.0 Å². The first kappa shape index (κ1) is 5.71. The monoisotopic (exact) mass is 135 g/mol. The van der Waals surface area contributed by atoms with Gasteiger partial charge in [0.25, 0.3) is 0 Å². The first-order chi connectivity index (χ1) is 4.97. The summed E-state index contributed by atoms with van der Waals surface area (Å²) in [6, 6.07) is 0. The topological polar surface area (TPSA) is 26.0 Å². The fourth-order valence-electron chi connectivity index (χ4n) is 1.32. The molecule has 52 valence electrons. The molecule has 0 spiro atoms. The Hall–Kier alpha value is -1.05. The summed E-state index contributed by atoms with van der Waals surface area (Å²) in [5.74, 6) is 0. The molecule has 0 aromatic heterocycles. The number of allylic oxidation sites excluding steroid dienone is 2. The molecule has 2 aliphatic rings. The minimum atomic E-state index is 0.969. The summed E-state index contributed by atoms with van der Waals surface area (Å²) in [6.45, 7) is 2.04. The predicted molar refractivity (Wildman–Crippen MR) is 40.7 cm³/mol. The molecule has 0 aromatic rings. The number of rotatable bonds is 0. The van der Waals surface area contributed by atoms with E-state index in [0.29, 0.717) is 0 Å². The lowest BCUT2D eigenvalue weighted by Crippen LogP contribution is -2.71. The van der Waals surface area contributed by atoms with Gasteiger partial charge < -0.3 is 5.32 Å². The molecule has 0 amide bonds. The van der Waals surface area contributed by atoms with Crippen molar-refractivity contribution in [2.24, 2.45) is 0 Å². The van der Waals surface area contributed by atoms with Gasteiger partial charge in [0.15, 0.2) is 6.21 Å². The zero-order chi connectivity index (χ0) is 6.81. The average molecular weight is 135 g/mol. The van der Waals surface area contributed by atoms with Gasteiger partial charge in [-0.05, 0) is 5.57 Å². The Morgan fingerprint density at radius 2 is 2.50 bits per heavy atom. The maximum Gasteiger partial charge on any atom is 0.185 e. The second kappa shape index (κ2) is 2.29. The maximum absolute atomic E-state index is 3.30. The first-order valence-electron chi connectivity index (χ1n) is 3.67. The van der Waals surface area contributed by atoms with E-state index in [0.717, 1.165) is 19.5 Å². The van der Waals surface area contributed by atoms with Crippen molar-refractivity contribution < 1.29 is 4.99 Å². The maximum atomic E-state index is 3.30. The molecule has 2 N–H and O–H groups in total. The second-order valence-electron chi connectivity index (χ2n) is 2.57. The van der Waals surface area contributed by atoms with Crippen LogP contribution in [0.5, 0.6) is 0 Å². The molecule has 10 heavy (non-hydrogen) atoms. The molecule has 0 aliphatic carbocycles. The van der Waals surface area contributed by atoms with E-state index in [1.54, 1.807) is 0 Å². The van der Waals surface area contributed by atoms with Crippen LogP contribution in [0.15, 0.2) is 23.4 Å². The van der Waals surface area contributed by atoms with Gasteiger partial charge in [0.1, 0.15) is 12.2 Å². The molecule has 0 unspecified atom stereocenters. The number of nitrogens with one attached hydrogen (secondary N) is 2. The Labute approximate surface area is 60.3 Å². The largest absolute Gasteiger partial charge is 0.377 e. The summed E-state index contributed by atoms with van der Waals surface area (Å²) < 4.78 is 0. The van der Waals surface area contributed by atoms with Crippen molar-refractivity contribution >= 4 is 6.21 Å². The lowest BCUT2D eigenvalue weighted by Gasteiger charge is -2.13. The zero-order valence-electron chi connectivity index (χ0n) is 5.85. The van der Waals surface area contributed by atoms with E-state index < -0.39 is 0 Å². The first-order valence-corrected chi connectivity index (χ1v) is 3.67. The van der Waals surface area contributed by atoms with E-state index in [2.05, 4.69) is 28.7 Å². The summed E-state index contributed by atoms with van der Waals surface area (Å²) in [5, 5.41) is 3.30. The van der Waals surface area contributed by atoms with E-state index in [-0.39, 0.29) is 0 Å². The highest BCUT2D eigenvalue weighted by atomic mass is 14.9. The highest BCUT2D eigenvalue weighted by molar-refractivity contribution is 5.76. The van der Waals surface area contributed by atoms with Gasteiger partial charge >= 0.3 is 0 Å². The van der Waals surface area contributed by atoms with Crippen LogP contribution in [0.1, 0.15) is 6.42 Å². The molecule has 0 saturated heterocycles. The minimum Gasteiger partial charge on any atom is -0.377 e. The quantitative estimate of drug-likeness (QED) is 0.436. The average Bonchev–Trinajstić information content (AvgIpc) is 2.05. The van der Waals surface area contributed by atoms with Crippen molar-refractivity contribution in [1.29, 1.82) is 0 Å². The summed E-state index contributed by atoms with van der Waals surface area (Å²) in [6.07, 6.45) is 7.58. The van der Waals surface area contributed by atoms with Crippen LogP contribution >= 0.6 is 0 Å². The number of hydrogen-bond acceptors (Lipinski definition) is 1. The molecule has 0 radical (unpaired) electrons. The normalized spacial score (nSPS) is 22.4. The molecule has 0 bridgehead atoms. The summed E-state index contributed by atoms with van der Waals surface area (Å²) in [5.41, 5.74) is 2.71. The molecule has 2 rings (SSSR count). The van der Waals surface area contributed by atoms with Crippen LogP contribution < -0.4 is 10.3 Å². The molecular formula is C8H11N2+. The standard InChI is InChI=1S/C8H10N2/c1-2-7-3-5-9-6-8(7)10-4-1/h1-2,6,10H,3-5H2/p+1. The number of hydrogen-bond donors (Lipinski definition) is 2. The van der Waals surface area contributed by atoms with Crippen molar-refractivity contribution in [2.45, 2.75) is 6.42 Å². The third kappa shape index (κ3) is 0.856. The van der Waals surface area contributed by atoms with Gasteiger partial charge in [0.2, 0.25) is 0 Å². The summed E-state index contributed by atoms with van der Waals surface area (Å²) in [7, 11) is 0. The van der Waals surface area contributed by atoms with Crippen LogP contribution in [-0.2, 0) is 0 Å². The molecule has 2 nitrogen and oxygen atoms in total. The molecule has 0 atom stereocenters. The van der Waals surface area contributed by atoms with E-state index in [9.17, 15) is 0 Å². The molecular weight excluding hydrogens is 124 g/mol. The predicted octanol–water partition coefficient (Wildman–Crippen LogP) is -1.04. The molecule has 0 saturated carbocycles. The van der Waals surface area contributed by atoms with E-state index in [4.69, 9.17) is 0 Å². The Kier molecular flexibility index (Phi) is 1.31. The Balaban J connectivity index is 2.32. The second-order valence-corrected chi connectivity index (χ2v) is 2.57. The van der Waals surface area contributed by atoms with Crippen molar-refractivity contribution in [1.82, 2.24) is 5.32 Å². The van der Waals surface area contributed by atoms with E-state index >= 15 is 0 Å². The SMILES string of the molecule is C1=CC2=C(C=[NH+]CC2)NC1. The lowest BCUT2D eigenvalue weighted by atomic mass is 10.1. The van der Waals surface area contributed by atoms with Crippen LogP contribution in [0, 0.1) is 0 Å². The Bertz CT molecular complexity index is 199. The highest BCUT2D eigenvalue weighted by Gasteiger charge is 2.11. The van der Waals surface area contributed by atoms with Gasteiger partial charge in [-0.25, -0.2) is 4.99 Å². The van der Waals surface area contributed by atoms with Crippen LogP contribution in [0.2, 0.25) is 0 Å². The van der Waals surface area contributed by atoms with E-state index in [1.165, 1.54) is 11.3 Å². The van der Waals surface area contributed by atoms with Gasteiger partial charge in [0.05, 0.1) is 0 Å². The fourth-order valence-corrected chi connectivity index (χ4v) is 1.32. The Morgan fingerprint density at radius 1 is 1.50 bits per heavy atom. The van der Waals surface area contributed by atoms with Gasteiger partial charge in [-0.2, -0.15) is 0 Å². The van der Waals surface area contributed by atoms with Crippen LogP contribution in [0.3, 0.4) is 0 Å². The van der Waals surface area contributed by atoms with Gasteiger partial charge in [-0.1, -0.05) is 12.2 Å².